The van der Waals surface area contributed by atoms with Gasteiger partial charge in [-0.2, -0.15) is 0 Å². The zero-order valence-corrected chi connectivity index (χ0v) is 18.5. The average Bonchev–Trinajstić information content (AvgIpc) is 3.28. The number of anilines is 1. The smallest absolute Gasteiger partial charge is 0.320 e. The van der Waals surface area contributed by atoms with Gasteiger partial charge in [-0.3, -0.25) is 4.79 Å². The van der Waals surface area contributed by atoms with Crippen LogP contribution in [0.4, 0.5) is 10.5 Å². The molecule has 1 aromatic rings. The van der Waals surface area contributed by atoms with Crippen molar-refractivity contribution in [1.82, 2.24) is 9.80 Å². The van der Waals surface area contributed by atoms with Gasteiger partial charge in [0.05, 0.1) is 19.1 Å². The van der Waals surface area contributed by atoms with Crippen molar-refractivity contribution in [2.24, 2.45) is 5.92 Å². The molecule has 7 nitrogen and oxygen atoms in total. The van der Waals surface area contributed by atoms with Gasteiger partial charge in [0, 0.05) is 37.9 Å². The summed E-state index contributed by atoms with van der Waals surface area (Å²) in [6.07, 6.45) is 6.32. The third-order valence-electron chi connectivity index (χ3n) is 6.12. The summed E-state index contributed by atoms with van der Waals surface area (Å²) in [5.74, 6) is 1.08. The van der Waals surface area contributed by atoms with E-state index in [1.54, 1.807) is 12.0 Å². The number of carbonyl (C=O) groups excluding carboxylic acids is 2. The Bertz CT molecular complexity index is 729. The third kappa shape index (κ3) is 5.37. The van der Waals surface area contributed by atoms with Crippen LogP contribution in [-0.2, 0) is 4.79 Å². The molecule has 2 fully saturated rings. The molecule has 30 heavy (non-hydrogen) atoms. The topological polar surface area (TPSA) is 71.1 Å². The number of likely N-dealkylation sites (tertiary alicyclic amines) is 1. The predicted molar refractivity (Wildman–Crippen MR) is 117 cm³/mol. The van der Waals surface area contributed by atoms with Gasteiger partial charge in [0.25, 0.3) is 0 Å². The number of urea groups is 1. The number of rotatable bonds is 7. The third-order valence-corrected chi connectivity index (χ3v) is 6.12. The van der Waals surface area contributed by atoms with Gasteiger partial charge in [0.1, 0.15) is 0 Å². The zero-order valence-electron chi connectivity index (χ0n) is 18.5. The molecule has 7 heteroatoms. The van der Waals surface area contributed by atoms with E-state index in [0.717, 1.165) is 25.7 Å². The number of amides is 3. The molecule has 1 aromatic carbocycles. The van der Waals surface area contributed by atoms with Gasteiger partial charge in [-0.25, -0.2) is 4.79 Å². The van der Waals surface area contributed by atoms with Gasteiger partial charge in [-0.1, -0.05) is 0 Å². The predicted octanol–water partition coefficient (Wildman–Crippen LogP) is 4.13. The maximum Gasteiger partial charge on any atom is 0.320 e. The van der Waals surface area contributed by atoms with Crippen molar-refractivity contribution in [3.05, 3.63) is 18.2 Å². The number of carbonyl (C=O) groups is 2. The summed E-state index contributed by atoms with van der Waals surface area (Å²) < 4.78 is 11.6. The highest BCUT2D eigenvalue weighted by Crippen LogP contribution is 2.34. The summed E-state index contributed by atoms with van der Waals surface area (Å²) in [6, 6.07) is 5.53. The lowest BCUT2D eigenvalue weighted by Gasteiger charge is -2.35. The Labute approximate surface area is 179 Å². The van der Waals surface area contributed by atoms with Crippen molar-refractivity contribution in [3.63, 3.8) is 0 Å². The fraction of sp³-hybridized carbons (Fsp3) is 0.652. The first-order valence-corrected chi connectivity index (χ1v) is 11.2. The van der Waals surface area contributed by atoms with Crippen LogP contribution in [0.2, 0.25) is 0 Å². The van der Waals surface area contributed by atoms with E-state index in [-0.39, 0.29) is 24.0 Å². The van der Waals surface area contributed by atoms with E-state index in [1.165, 1.54) is 12.8 Å². The Balaban J connectivity index is 1.64. The van der Waals surface area contributed by atoms with Gasteiger partial charge in [0.15, 0.2) is 11.5 Å². The van der Waals surface area contributed by atoms with E-state index >= 15 is 0 Å². The Morgan fingerprint density at radius 1 is 1.10 bits per heavy atom. The summed E-state index contributed by atoms with van der Waals surface area (Å²) in [7, 11) is 1.62. The minimum absolute atomic E-state index is 0.0224. The number of benzene rings is 1. The van der Waals surface area contributed by atoms with E-state index in [1.807, 2.05) is 36.9 Å². The fourth-order valence-corrected chi connectivity index (χ4v) is 4.34. The summed E-state index contributed by atoms with van der Waals surface area (Å²) in [6.45, 7) is 6.48. The Hall–Kier alpha value is -2.44. The number of hydrogen-bond acceptors (Lipinski definition) is 4. The minimum Gasteiger partial charge on any atom is -0.493 e. The van der Waals surface area contributed by atoms with Crippen LogP contribution in [0.5, 0.6) is 11.5 Å². The van der Waals surface area contributed by atoms with Crippen LogP contribution in [-0.4, -0.2) is 61.1 Å². The Morgan fingerprint density at radius 3 is 2.50 bits per heavy atom. The number of hydrogen-bond donors (Lipinski definition) is 1. The molecule has 1 saturated heterocycles. The molecule has 3 amide bonds. The molecule has 1 heterocycles. The molecule has 0 aromatic heterocycles. The molecule has 0 bridgehead atoms. The average molecular weight is 418 g/mol. The van der Waals surface area contributed by atoms with E-state index in [0.29, 0.717) is 43.4 Å². The maximum atomic E-state index is 12.9. The number of ether oxygens (including phenoxy) is 2. The minimum atomic E-state index is -0.209. The van der Waals surface area contributed by atoms with E-state index in [9.17, 15) is 9.59 Å². The standard InChI is InChI=1S/C23H35N3O4/c1-4-25(5-2)23(28)26-14-8-9-17(16-26)22(27)24-18-12-13-20(29-3)21(15-18)30-19-10-6-7-11-19/h12-13,15,17,19H,4-11,14,16H2,1-3H3,(H,24,27)/t17-/m0/s1. The summed E-state index contributed by atoms with van der Waals surface area (Å²) in [5.41, 5.74) is 0.695. The van der Waals surface area contributed by atoms with Gasteiger partial charge < -0.3 is 24.6 Å². The first-order valence-electron chi connectivity index (χ1n) is 11.2. The van der Waals surface area contributed by atoms with Crippen LogP contribution in [0.1, 0.15) is 52.4 Å². The largest absolute Gasteiger partial charge is 0.493 e. The normalized spacial score (nSPS) is 19.4. The lowest BCUT2D eigenvalue weighted by molar-refractivity contribution is -0.121. The van der Waals surface area contributed by atoms with Crippen molar-refractivity contribution >= 4 is 17.6 Å². The highest BCUT2D eigenvalue weighted by Gasteiger charge is 2.30. The number of piperidine rings is 1. The second-order valence-electron chi connectivity index (χ2n) is 8.12. The number of nitrogens with zero attached hydrogens (tertiary/aromatic N) is 2. The van der Waals surface area contributed by atoms with Gasteiger partial charge in [-0.15, -0.1) is 0 Å². The lowest BCUT2D eigenvalue weighted by Crippen LogP contribution is -2.49. The van der Waals surface area contributed by atoms with Gasteiger partial charge in [-0.05, 0) is 64.5 Å². The van der Waals surface area contributed by atoms with Crippen LogP contribution in [0, 0.1) is 5.92 Å². The van der Waals surface area contributed by atoms with Crippen molar-refractivity contribution < 1.29 is 19.1 Å². The van der Waals surface area contributed by atoms with Crippen LogP contribution in [0.3, 0.4) is 0 Å². The summed E-state index contributed by atoms with van der Waals surface area (Å²) in [5, 5.41) is 3.02. The summed E-state index contributed by atoms with van der Waals surface area (Å²) >= 11 is 0. The van der Waals surface area contributed by atoms with E-state index < -0.39 is 0 Å². The molecule has 0 unspecified atom stereocenters. The monoisotopic (exact) mass is 417 g/mol. The van der Waals surface area contributed by atoms with Crippen LogP contribution >= 0.6 is 0 Å². The molecule has 0 radical (unpaired) electrons. The fourth-order valence-electron chi connectivity index (χ4n) is 4.34. The molecule has 1 atom stereocenters. The molecule has 1 aliphatic carbocycles. The first kappa shape index (κ1) is 22.2. The Kier molecular flexibility index (Phi) is 7.82. The number of nitrogens with one attached hydrogen (secondary N) is 1. The molecule has 0 spiro atoms. The van der Waals surface area contributed by atoms with Crippen molar-refractivity contribution in [1.29, 1.82) is 0 Å². The van der Waals surface area contributed by atoms with E-state index in [2.05, 4.69) is 5.32 Å². The van der Waals surface area contributed by atoms with Crippen molar-refractivity contribution in [3.8, 4) is 11.5 Å². The lowest BCUT2D eigenvalue weighted by atomic mass is 9.97. The second kappa shape index (κ2) is 10.5. The zero-order chi connectivity index (χ0) is 21.5. The van der Waals surface area contributed by atoms with Crippen LogP contribution in [0.15, 0.2) is 18.2 Å². The molecule has 1 N–H and O–H groups in total. The van der Waals surface area contributed by atoms with E-state index in [4.69, 9.17) is 9.47 Å². The summed E-state index contributed by atoms with van der Waals surface area (Å²) in [4.78, 5) is 29.2. The molecule has 3 rings (SSSR count). The Morgan fingerprint density at radius 2 is 1.83 bits per heavy atom. The van der Waals surface area contributed by atoms with Crippen LogP contribution in [0.25, 0.3) is 0 Å². The molecular formula is C23H35N3O4. The molecule has 2 aliphatic rings. The highest BCUT2D eigenvalue weighted by atomic mass is 16.5. The molecule has 166 valence electrons. The second-order valence-corrected chi connectivity index (χ2v) is 8.12. The first-order chi connectivity index (χ1) is 14.5. The quantitative estimate of drug-likeness (QED) is 0.724. The van der Waals surface area contributed by atoms with Gasteiger partial charge in [0.2, 0.25) is 5.91 Å². The number of methoxy groups -OCH3 is 1. The van der Waals surface area contributed by atoms with Crippen molar-refractivity contribution in [2.45, 2.75) is 58.5 Å². The molecule has 1 saturated carbocycles. The van der Waals surface area contributed by atoms with Crippen molar-refractivity contribution in [2.75, 3.05) is 38.6 Å². The molecular weight excluding hydrogens is 382 g/mol. The molecule has 1 aliphatic heterocycles. The maximum absolute atomic E-state index is 12.9. The SMILES string of the molecule is CCN(CC)C(=O)N1CCC[C@H](C(=O)Nc2ccc(OC)c(OC3CCCC3)c2)C1. The van der Waals surface area contributed by atoms with Gasteiger partial charge >= 0.3 is 6.03 Å². The van der Waals surface area contributed by atoms with Crippen LogP contribution < -0.4 is 14.8 Å². The highest BCUT2D eigenvalue weighted by molar-refractivity contribution is 5.93.